The maximum absolute atomic E-state index is 13.8. The van der Waals surface area contributed by atoms with Gasteiger partial charge in [-0.05, 0) is 19.1 Å². The van der Waals surface area contributed by atoms with E-state index in [1.165, 1.54) is 13.0 Å². The number of nitro groups is 1. The van der Waals surface area contributed by atoms with Gasteiger partial charge in [-0.3, -0.25) is 20.0 Å². The first-order chi connectivity index (χ1) is 11.3. The van der Waals surface area contributed by atoms with Crippen LogP contribution in [-0.4, -0.2) is 27.6 Å². The van der Waals surface area contributed by atoms with Gasteiger partial charge in [0.15, 0.2) is 0 Å². The van der Waals surface area contributed by atoms with Crippen molar-refractivity contribution in [1.29, 1.82) is 0 Å². The maximum Gasteiger partial charge on any atom is 0.387 e. The first-order valence-electron chi connectivity index (χ1n) is 6.51. The van der Waals surface area contributed by atoms with E-state index < -0.39 is 46.9 Å². The number of aromatic nitrogens is 2. The van der Waals surface area contributed by atoms with Crippen molar-refractivity contribution in [1.82, 2.24) is 15.5 Å². The highest BCUT2D eigenvalue weighted by atomic mass is 19.3. The number of hydrogen-bond acceptors (Lipinski definition) is 5. The van der Waals surface area contributed by atoms with Crippen LogP contribution in [0.4, 0.5) is 18.9 Å². The average molecular weight is 344 g/mol. The highest BCUT2D eigenvalue weighted by Crippen LogP contribution is 2.24. The lowest BCUT2D eigenvalue weighted by molar-refractivity contribution is -0.385. The third kappa shape index (κ3) is 3.62. The summed E-state index contributed by atoms with van der Waals surface area (Å²) in [6.45, 7) is -2.33. The number of nitrogens with zero attached hydrogens (tertiary/aromatic N) is 2. The number of rotatable bonds is 6. The quantitative estimate of drug-likeness (QED) is 0.617. The molecule has 0 atom stereocenters. The molecule has 1 aromatic heterocycles. The summed E-state index contributed by atoms with van der Waals surface area (Å²) in [7, 11) is 0. The molecule has 2 N–H and O–H groups in total. The summed E-state index contributed by atoms with van der Waals surface area (Å²) in [6, 6.07) is 3.28. The van der Waals surface area contributed by atoms with Crippen LogP contribution in [-0.2, 0) is 6.54 Å². The van der Waals surface area contributed by atoms with Gasteiger partial charge in [-0.15, -0.1) is 0 Å². The second kappa shape index (κ2) is 6.98. The number of alkyl halides is 2. The average Bonchev–Trinajstić information content (AvgIpc) is 2.87. The van der Waals surface area contributed by atoms with E-state index in [9.17, 15) is 28.1 Å². The van der Waals surface area contributed by atoms with Crippen LogP contribution >= 0.6 is 0 Å². The zero-order valence-corrected chi connectivity index (χ0v) is 12.2. The number of carbonyl (C=O) groups excluding carboxylic acids is 1. The summed E-state index contributed by atoms with van der Waals surface area (Å²) >= 11 is 0. The molecule has 0 aliphatic carbocycles. The minimum absolute atomic E-state index is 0.0674. The number of carbonyl (C=O) groups is 1. The molecule has 0 spiro atoms. The summed E-state index contributed by atoms with van der Waals surface area (Å²) in [4.78, 5) is 22.1. The van der Waals surface area contributed by atoms with Gasteiger partial charge in [-0.1, -0.05) is 6.07 Å². The van der Waals surface area contributed by atoms with E-state index in [0.29, 0.717) is 0 Å². The molecule has 11 heteroatoms. The number of ether oxygens (including phenoxy) is 1. The molecule has 1 heterocycles. The Balaban J connectivity index is 2.20. The van der Waals surface area contributed by atoms with Crippen LogP contribution < -0.4 is 10.1 Å². The Bertz CT molecular complexity index is 779. The van der Waals surface area contributed by atoms with Crippen molar-refractivity contribution in [3.05, 3.63) is 51.1 Å². The number of nitrogens with one attached hydrogen (secondary N) is 2. The van der Waals surface area contributed by atoms with Crippen molar-refractivity contribution in [2.45, 2.75) is 20.1 Å². The van der Waals surface area contributed by atoms with Crippen LogP contribution in [0.3, 0.4) is 0 Å². The summed E-state index contributed by atoms with van der Waals surface area (Å²) in [5, 5.41) is 18.9. The first-order valence-corrected chi connectivity index (χ1v) is 6.51. The third-order valence-electron chi connectivity index (χ3n) is 3.03. The molecule has 0 aliphatic rings. The van der Waals surface area contributed by atoms with Gasteiger partial charge in [0.1, 0.15) is 17.3 Å². The molecule has 128 valence electrons. The molecule has 0 unspecified atom stereocenters. The Kier molecular flexibility index (Phi) is 5.02. The molecule has 1 amide bonds. The lowest BCUT2D eigenvalue weighted by Crippen LogP contribution is -2.25. The molecule has 2 rings (SSSR count). The smallest absolute Gasteiger partial charge is 0.387 e. The molecule has 0 saturated carbocycles. The molecule has 0 aliphatic heterocycles. The minimum atomic E-state index is -3.17. The number of halogens is 3. The van der Waals surface area contributed by atoms with Crippen molar-refractivity contribution >= 4 is 11.6 Å². The second-order valence-corrected chi connectivity index (χ2v) is 4.58. The van der Waals surface area contributed by atoms with E-state index in [2.05, 4.69) is 20.3 Å². The highest BCUT2D eigenvalue weighted by molar-refractivity contribution is 5.96. The van der Waals surface area contributed by atoms with Crippen LogP contribution in [0, 0.1) is 22.9 Å². The van der Waals surface area contributed by atoms with Crippen LogP contribution in [0.5, 0.6) is 5.75 Å². The molecule has 8 nitrogen and oxygen atoms in total. The number of hydrogen-bond donors (Lipinski definition) is 2. The Morgan fingerprint density at radius 2 is 2.21 bits per heavy atom. The van der Waals surface area contributed by atoms with Gasteiger partial charge >= 0.3 is 12.3 Å². The Morgan fingerprint density at radius 1 is 1.50 bits per heavy atom. The van der Waals surface area contributed by atoms with Gasteiger partial charge in [-0.2, -0.15) is 13.9 Å². The fraction of sp³-hybridized carbons (Fsp3) is 0.231. The lowest BCUT2D eigenvalue weighted by atomic mass is 10.2. The molecular formula is C13H11F3N4O4. The number of benzene rings is 1. The molecule has 24 heavy (non-hydrogen) atoms. The molecule has 0 bridgehead atoms. The monoisotopic (exact) mass is 344 g/mol. The van der Waals surface area contributed by atoms with Gasteiger partial charge < -0.3 is 10.1 Å². The zero-order chi connectivity index (χ0) is 17.9. The summed E-state index contributed by atoms with van der Waals surface area (Å²) in [6.07, 6.45) is 0. The molecular weight excluding hydrogens is 333 g/mol. The Hall–Kier alpha value is -3.11. The zero-order valence-electron chi connectivity index (χ0n) is 12.2. The van der Waals surface area contributed by atoms with Gasteiger partial charge in [-0.25, -0.2) is 4.39 Å². The molecule has 2 aromatic rings. The number of amides is 1. The maximum atomic E-state index is 13.8. The van der Waals surface area contributed by atoms with E-state index >= 15 is 0 Å². The number of aryl methyl sites for hydroxylation is 1. The van der Waals surface area contributed by atoms with Crippen molar-refractivity contribution < 1.29 is 27.6 Å². The molecule has 0 saturated heterocycles. The third-order valence-corrected chi connectivity index (χ3v) is 3.03. The van der Waals surface area contributed by atoms with Crippen molar-refractivity contribution in [3.63, 3.8) is 0 Å². The van der Waals surface area contributed by atoms with E-state index in [-0.39, 0.29) is 11.3 Å². The standard InChI is InChI=1S/C13H11F3N4O4/c1-6-11(20(22)23)10(19-18-6)12(21)17-5-7-8(14)3-2-4-9(7)24-13(15)16/h2-4,13H,5H2,1H3,(H,17,21)(H,18,19). The SMILES string of the molecule is Cc1[nH]nc(C(=O)NCc2c(F)cccc2OC(F)F)c1[N+](=O)[O-]. The van der Waals surface area contributed by atoms with Gasteiger partial charge in [0.05, 0.1) is 4.92 Å². The van der Waals surface area contributed by atoms with Crippen LogP contribution in [0.15, 0.2) is 18.2 Å². The van der Waals surface area contributed by atoms with E-state index in [1.54, 1.807) is 0 Å². The largest absolute Gasteiger partial charge is 0.434 e. The predicted molar refractivity (Wildman–Crippen MR) is 74.2 cm³/mol. The second-order valence-electron chi connectivity index (χ2n) is 4.58. The summed E-state index contributed by atoms with van der Waals surface area (Å²) < 4.78 is 42.6. The lowest BCUT2D eigenvalue weighted by Gasteiger charge is -2.11. The van der Waals surface area contributed by atoms with E-state index in [1.807, 2.05) is 0 Å². The van der Waals surface area contributed by atoms with E-state index in [0.717, 1.165) is 12.1 Å². The van der Waals surface area contributed by atoms with Crippen LogP contribution in [0.2, 0.25) is 0 Å². The topological polar surface area (TPSA) is 110 Å². The molecule has 1 aromatic carbocycles. The van der Waals surface area contributed by atoms with Crippen LogP contribution in [0.1, 0.15) is 21.7 Å². The number of aromatic amines is 1. The van der Waals surface area contributed by atoms with Crippen molar-refractivity contribution in [3.8, 4) is 5.75 Å². The fourth-order valence-corrected chi connectivity index (χ4v) is 1.97. The van der Waals surface area contributed by atoms with Gasteiger partial charge in [0.2, 0.25) is 5.69 Å². The van der Waals surface area contributed by atoms with Gasteiger partial charge in [0.25, 0.3) is 5.91 Å². The van der Waals surface area contributed by atoms with E-state index in [4.69, 9.17) is 0 Å². The Morgan fingerprint density at radius 3 is 2.83 bits per heavy atom. The molecule has 0 radical (unpaired) electrons. The van der Waals surface area contributed by atoms with Crippen molar-refractivity contribution in [2.75, 3.05) is 0 Å². The number of H-pyrrole nitrogens is 1. The fourth-order valence-electron chi connectivity index (χ4n) is 1.97. The van der Waals surface area contributed by atoms with Gasteiger partial charge in [0, 0.05) is 12.1 Å². The highest BCUT2D eigenvalue weighted by Gasteiger charge is 2.27. The van der Waals surface area contributed by atoms with Crippen molar-refractivity contribution in [2.24, 2.45) is 0 Å². The first kappa shape index (κ1) is 17.2. The summed E-state index contributed by atoms with van der Waals surface area (Å²) in [5.74, 6) is -2.28. The predicted octanol–water partition coefficient (Wildman–Crippen LogP) is 2.30. The minimum Gasteiger partial charge on any atom is -0.434 e. The van der Waals surface area contributed by atoms with Crippen LogP contribution in [0.25, 0.3) is 0 Å². The Labute approximate surface area is 132 Å². The summed E-state index contributed by atoms with van der Waals surface area (Å²) in [5.41, 5.74) is -1.27. The molecule has 0 fully saturated rings. The normalized spacial score (nSPS) is 10.7.